The van der Waals surface area contributed by atoms with Crippen LogP contribution in [0.5, 0.6) is 0 Å². The fourth-order valence-corrected chi connectivity index (χ4v) is 3.09. The summed E-state index contributed by atoms with van der Waals surface area (Å²) in [6.07, 6.45) is 5.47. The molecule has 0 heterocycles. The van der Waals surface area contributed by atoms with Gasteiger partial charge in [0.15, 0.2) is 9.84 Å². The molecule has 5 heteroatoms. The first kappa shape index (κ1) is 14.5. The smallest absolute Gasteiger partial charge is 0.175 e. The van der Waals surface area contributed by atoms with E-state index in [4.69, 9.17) is 0 Å². The maximum atomic E-state index is 11.3. The van der Waals surface area contributed by atoms with Gasteiger partial charge in [0.2, 0.25) is 0 Å². The van der Waals surface area contributed by atoms with Crippen LogP contribution in [0.15, 0.2) is 29.2 Å². The maximum Gasteiger partial charge on any atom is 0.175 e. The minimum atomic E-state index is -3.17. The summed E-state index contributed by atoms with van der Waals surface area (Å²) in [7, 11) is -3.17. The molecule has 1 saturated carbocycles. The summed E-state index contributed by atoms with van der Waals surface area (Å²) in [5, 5.41) is 13.4. The fraction of sp³-hybridized carbons (Fsp3) is 0.571. The lowest BCUT2D eigenvalue weighted by molar-refractivity contribution is 0.170. The zero-order valence-electron chi connectivity index (χ0n) is 11.2. The highest BCUT2D eigenvalue weighted by molar-refractivity contribution is 7.90. The summed E-state index contributed by atoms with van der Waals surface area (Å²) in [5.74, 6) is 0. The van der Waals surface area contributed by atoms with E-state index in [1.165, 1.54) is 31.9 Å². The Morgan fingerprint density at radius 2 is 1.84 bits per heavy atom. The van der Waals surface area contributed by atoms with Crippen molar-refractivity contribution in [2.75, 3.05) is 12.8 Å². The SMILES string of the molecule is CS(=O)(=O)c1ccc(C(O)CNC2CCCC2)cc1. The third-order valence-electron chi connectivity index (χ3n) is 3.65. The predicted molar refractivity (Wildman–Crippen MR) is 74.8 cm³/mol. The van der Waals surface area contributed by atoms with Gasteiger partial charge in [0.25, 0.3) is 0 Å². The Morgan fingerprint density at radius 3 is 2.37 bits per heavy atom. The van der Waals surface area contributed by atoms with Crippen molar-refractivity contribution < 1.29 is 13.5 Å². The van der Waals surface area contributed by atoms with Crippen LogP contribution >= 0.6 is 0 Å². The highest BCUT2D eigenvalue weighted by atomic mass is 32.2. The lowest BCUT2D eigenvalue weighted by Crippen LogP contribution is -2.30. The normalized spacial score (nSPS) is 18.6. The molecule has 1 aromatic rings. The van der Waals surface area contributed by atoms with Crippen molar-refractivity contribution >= 4 is 9.84 Å². The second-order valence-corrected chi connectivity index (χ2v) is 7.26. The van der Waals surface area contributed by atoms with Gasteiger partial charge in [0.1, 0.15) is 0 Å². The van der Waals surface area contributed by atoms with E-state index in [-0.39, 0.29) is 4.90 Å². The van der Waals surface area contributed by atoms with Gasteiger partial charge in [0, 0.05) is 18.8 Å². The molecule has 0 aromatic heterocycles. The third kappa shape index (κ3) is 4.03. The Labute approximate surface area is 114 Å². The van der Waals surface area contributed by atoms with Crippen molar-refractivity contribution in [3.05, 3.63) is 29.8 Å². The first-order valence-corrected chi connectivity index (χ1v) is 8.57. The van der Waals surface area contributed by atoms with Gasteiger partial charge in [0.05, 0.1) is 11.0 Å². The molecule has 19 heavy (non-hydrogen) atoms. The topological polar surface area (TPSA) is 66.4 Å². The molecule has 0 saturated heterocycles. The number of hydrogen-bond donors (Lipinski definition) is 2. The van der Waals surface area contributed by atoms with E-state index >= 15 is 0 Å². The molecular formula is C14H21NO3S. The molecule has 1 unspecified atom stereocenters. The van der Waals surface area contributed by atoms with Gasteiger partial charge in [-0.2, -0.15) is 0 Å². The molecule has 0 aliphatic heterocycles. The van der Waals surface area contributed by atoms with Crippen LogP contribution in [0.3, 0.4) is 0 Å². The summed E-state index contributed by atoms with van der Waals surface area (Å²) in [6, 6.07) is 6.96. The van der Waals surface area contributed by atoms with Gasteiger partial charge in [-0.25, -0.2) is 8.42 Å². The van der Waals surface area contributed by atoms with Crippen molar-refractivity contribution in [1.29, 1.82) is 0 Å². The van der Waals surface area contributed by atoms with Crippen LogP contribution < -0.4 is 5.32 Å². The fourth-order valence-electron chi connectivity index (χ4n) is 2.46. The first-order chi connectivity index (χ1) is 8.97. The largest absolute Gasteiger partial charge is 0.387 e. The average Bonchev–Trinajstić information content (AvgIpc) is 2.88. The predicted octanol–water partition coefficient (Wildman–Crippen LogP) is 1.66. The summed E-state index contributed by atoms with van der Waals surface area (Å²) in [5.41, 5.74) is 0.748. The van der Waals surface area contributed by atoms with Gasteiger partial charge in [-0.3, -0.25) is 0 Å². The lowest BCUT2D eigenvalue weighted by atomic mass is 10.1. The molecule has 0 amide bonds. The Kier molecular flexibility index (Phi) is 4.60. The number of hydrogen-bond acceptors (Lipinski definition) is 4. The zero-order valence-corrected chi connectivity index (χ0v) is 12.0. The highest BCUT2D eigenvalue weighted by Gasteiger charge is 2.16. The van der Waals surface area contributed by atoms with E-state index in [9.17, 15) is 13.5 Å². The number of benzene rings is 1. The quantitative estimate of drug-likeness (QED) is 0.862. The van der Waals surface area contributed by atoms with Crippen LogP contribution in [-0.4, -0.2) is 32.4 Å². The van der Waals surface area contributed by atoms with E-state index in [0.717, 1.165) is 5.56 Å². The number of nitrogens with one attached hydrogen (secondary N) is 1. The van der Waals surface area contributed by atoms with Crippen LogP contribution in [0.2, 0.25) is 0 Å². The Bertz CT molecular complexity index is 504. The Balaban J connectivity index is 1.93. The molecule has 2 rings (SSSR count). The van der Waals surface area contributed by atoms with Gasteiger partial charge in [-0.05, 0) is 30.5 Å². The molecule has 1 atom stereocenters. The van der Waals surface area contributed by atoms with Crippen LogP contribution in [-0.2, 0) is 9.84 Å². The second-order valence-electron chi connectivity index (χ2n) is 5.25. The summed E-state index contributed by atoms with van der Waals surface area (Å²) >= 11 is 0. The average molecular weight is 283 g/mol. The number of sulfone groups is 1. The summed E-state index contributed by atoms with van der Waals surface area (Å²) in [4.78, 5) is 0.284. The molecule has 0 bridgehead atoms. The van der Waals surface area contributed by atoms with Gasteiger partial charge in [-0.1, -0.05) is 25.0 Å². The Morgan fingerprint density at radius 1 is 1.26 bits per heavy atom. The van der Waals surface area contributed by atoms with Crippen molar-refractivity contribution in [3.8, 4) is 0 Å². The van der Waals surface area contributed by atoms with Crippen LogP contribution in [0.1, 0.15) is 37.4 Å². The van der Waals surface area contributed by atoms with Gasteiger partial charge in [-0.15, -0.1) is 0 Å². The van der Waals surface area contributed by atoms with Crippen LogP contribution in [0, 0.1) is 0 Å². The van der Waals surface area contributed by atoms with Gasteiger partial charge >= 0.3 is 0 Å². The van der Waals surface area contributed by atoms with Gasteiger partial charge < -0.3 is 10.4 Å². The van der Waals surface area contributed by atoms with E-state index < -0.39 is 15.9 Å². The molecular weight excluding hydrogens is 262 g/mol. The molecule has 0 spiro atoms. The van der Waals surface area contributed by atoms with E-state index in [2.05, 4.69) is 5.32 Å². The minimum Gasteiger partial charge on any atom is -0.387 e. The minimum absolute atomic E-state index is 0.284. The summed E-state index contributed by atoms with van der Waals surface area (Å²) in [6.45, 7) is 0.517. The molecule has 2 N–H and O–H groups in total. The van der Waals surface area contributed by atoms with Crippen molar-refractivity contribution in [2.45, 2.75) is 42.7 Å². The van der Waals surface area contributed by atoms with Crippen molar-refractivity contribution in [2.24, 2.45) is 0 Å². The number of aliphatic hydroxyl groups excluding tert-OH is 1. The van der Waals surface area contributed by atoms with Crippen LogP contribution in [0.25, 0.3) is 0 Å². The van der Waals surface area contributed by atoms with E-state index in [1.54, 1.807) is 24.3 Å². The monoisotopic (exact) mass is 283 g/mol. The maximum absolute atomic E-state index is 11.3. The highest BCUT2D eigenvalue weighted by Crippen LogP contribution is 2.20. The molecule has 1 fully saturated rings. The van der Waals surface area contributed by atoms with E-state index in [1.807, 2.05) is 0 Å². The number of rotatable bonds is 5. The molecule has 0 radical (unpaired) electrons. The molecule has 1 aromatic carbocycles. The van der Waals surface area contributed by atoms with Crippen molar-refractivity contribution in [1.82, 2.24) is 5.32 Å². The Hall–Kier alpha value is -0.910. The summed E-state index contributed by atoms with van der Waals surface area (Å²) < 4.78 is 22.7. The lowest BCUT2D eigenvalue weighted by Gasteiger charge is -2.16. The molecule has 4 nitrogen and oxygen atoms in total. The number of aliphatic hydroxyl groups is 1. The molecule has 1 aliphatic carbocycles. The zero-order chi connectivity index (χ0) is 13.9. The van der Waals surface area contributed by atoms with E-state index in [0.29, 0.717) is 12.6 Å². The van der Waals surface area contributed by atoms with Crippen LogP contribution in [0.4, 0.5) is 0 Å². The second kappa shape index (κ2) is 6.03. The standard InChI is InChI=1S/C14H21NO3S/c1-19(17,18)13-8-6-11(7-9-13)14(16)10-15-12-4-2-3-5-12/h6-9,12,14-16H,2-5,10H2,1H3. The first-order valence-electron chi connectivity index (χ1n) is 6.68. The third-order valence-corrected chi connectivity index (χ3v) is 4.78. The molecule has 1 aliphatic rings. The van der Waals surface area contributed by atoms with Crippen molar-refractivity contribution in [3.63, 3.8) is 0 Å². The molecule has 106 valence electrons.